The van der Waals surface area contributed by atoms with Crippen LogP contribution in [0.4, 0.5) is 5.69 Å². The Balaban J connectivity index is 2.35. The molecule has 0 heterocycles. The largest absolute Gasteiger partial charge is 0.490 e. The molecule has 0 aliphatic heterocycles. The van der Waals surface area contributed by atoms with Crippen molar-refractivity contribution >= 4 is 17.8 Å². The van der Waals surface area contributed by atoms with Gasteiger partial charge in [-0.25, -0.2) is 0 Å². The Labute approximate surface area is 162 Å². The lowest BCUT2D eigenvalue weighted by Gasteiger charge is -2.17. The van der Waals surface area contributed by atoms with E-state index in [9.17, 15) is 0 Å². The molecule has 2 rings (SSSR count). The SMILES string of the molecule is CCCOc1cc(/C=C/c2ccc(N)cc2)cc(OCCC)c1OCCC. The first-order chi connectivity index (χ1) is 13.2. The highest BCUT2D eigenvalue weighted by Gasteiger charge is 2.15. The number of anilines is 1. The molecule has 0 aliphatic carbocycles. The zero-order valence-corrected chi connectivity index (χ0v) is 16.7. The number of nitrogens with two attached hydrogens (primary N) is 1. The third kappa shape index (κ3) is 6.55. The Morgan fingerprint density at radius 3 is 1.70 bits per heavy atom. The van der Waals surface area contributed by atoms with Gasteiger partial charge in [-0.15, -0.1) is 0 Å². The summed E-state index contributed by atoms with van der Waals surface area (Å²) in [7, 11) is 0. The predicted molar refractivity (Wildman–Crippen MR) is 114 cm³/mol. The summed E-state index contributed by atoms with van der Waals surface area (Å²) in [5.41, 5.74) is 8.60. The summed E-state index contributed by atoms with van der Waals surface area (Å²) >= 11 is 0. The molecule has 0 aliphatic rings. The molecule has 0 unspecified atom stereocenters. The van der Waals surface area contributed by atoms with Crippen molar-refractivity contribution in [1.82, 2.24) is 0 Å². The molecule has 146 valence electrons. The van der Waals surface area contributed by atoms with E-state index in [2.05, 4.69) is 26.8 Å². The van der Waals surface area contributed by atoms with Gasteiger partial charge in [0.05, 0.1) is 19.8 Å². The van der Waals surface area contributed by atoms with Crippen LogP contribution in [0, 0.1) is 0 Å². The van der Waals surface area contributed by atoms with Gasteiger partial charge in [0, 0.05) is 5.69 Å². The van der Waals surface area contributed by atoms with E-state index in [1.165, 1.54) is 0 Å². The molecule has 2 aromatic rings. The molecular formula is C23H31NO3. The third-order valence-corrected chi connectivity index (χ3v) is 3.82. The zero-order valence-electron chi connectivity index (χ0n) is 16.7. The maximum Gasteiger partial charge on any atom is 0.203 e. The van der Waals surface area contributed by atoms with Gasteiger partial charge in [-0.3, -0.25) is 0 Å². The van der Waals surface area contributed by atoms with Crippen LogP contribution >= 0.6 is 0 Å². The quantitative estimate of drug-likeness (QED) is 0.401. The fourth-order valence-corrected chi connectivity index (χ4v) is 2.48. The number of nitrogen functional groups attached to an aromatic ring is 1. The second-order valence-corrected chi connectivity index (χ2v) is 6.39. The van der Waals surface area contributed by atoms with E-state index < -0.39 is 0 Å². The monoisotopic (exact) mass is 369 g/mol. The van der Waals surface area contributed by atoms with Gasteiger partial charge in [-0.05, 0) is 54.7 Å². The van der Waals surface area contributed by atoms with Crippen molar-refractivity contribution < 1.29 is 14.2 Å². The van der Waals surface area contributed by atoms with E-state index in [0.717, 1.165) is 47.6 Å². The topological polar surface area (TPSA) is 53.7 Å². The minimum Gasteiger partial charge on any atom is -0.490 e. The first-order valence-electron chi connectivity index (χ1n) is 9.78. The smallest absolute Gasteiger partial charge is 0.203 e. The van der Waals surface area contributed by atoms with Gasteiger partial charge < -0.3 is 19.9 Å². The van der Waals surface area contributed by atoms with E-state index in [4.69, 9.17) is 19.9 Å². The second-order valence-electron chi connectivity index (χ2n) is 6.39. The van der Waals surface area contributed by atoms with Gasteiger partial charge >= 0.3 is 0 Å². The molecule has 0 amide bonds. The van der Waals surface area contributed by atoms with Gasteiger partial charge in [-0.1, -0.05) is 45.1 Å². The lowest BCUT2D eigenvalue weighted by molar-refractivity contribution is 0.243. The van der Waals surface area contributed by atoms with Crippen LogP contribution in [-0.2, 0) is 0 Å². The predicted octanol–water partition coefficient (Wildman–Crippen LogP) is 5.81. The number of rotatable bonds is 11. The fourth-order valence-electron chi connectivity index (χ4n) is 2.48. The maximum absolute atomic E-state index is 5.96. The van der Waals surface area contributed by atoms with Gasteiger partial charge in [-0.2, -0.15) is 0 Å². The summed E-state index contributed by atoms with van der Waals surface area (Å²) in [6, 6.07) is 11.8. The van der Waals surface area contributed by atoms with Crippen molar-refractivity contribution in [2.24, 2.45) is 0 Å². The van der Waals surface area contributed by atoms with Crippen LogP contribution in [0.25, 0.3) is 12.2 Å². The van der Waals surface area contributed by atoms with Gasteiger partial charge in [0.1, 0.15) is 0 Å². The lowest BCUT2D eigenvalue weighted by Crippen LogP contribution is -2.05. The van der Waals surface area contributed by atoms with Crippen LogP contribution < -0.4 is 19.9 Å². The molecule has 0 saturated carbocycles. The number of benzene rings is 2. The number of ether oxygens (including phenoxy) is 3. The summed E-state index contributed by atoms with van der Waals surface area (Å²) < 4.78 is 17.9. The molecule has 2 N–H and O–H groups in total. The minimum absolute atomic E-state index is 0.631. The third-order valence-electron chi connectivity index (χ3n) is 3.82. The molecule has 0 bridgehead atoms. The molecule has 0 saturated heterocycles. The summed E-state index contributed by atoms with van der Waals surface area (Å²) in [5.74, 6) is 2.16. The first-order valence-corrected chi connectivity index (χ1v) is 9.78. The molecular weight excluding hydrogens is 338 g/mol. The summed E-state index contributed by atoms with van der Waals surface area (Å²) in [5, 5.41) is 0. The van der Waals surface area contributed by atoms with E-state index in [1.807, 2.05) is 42.5 Å². The van der Waals surface area contributed by atoms with Crippen LogP contribution in [-0.4, -0.2) is 19.8 Å². The van der Waals surface area contributed by atoms with Crippen LogP contribution in [0.2, 0.25) is 0 Å². The van der Waals surface area contributed by atoms with Crippen molar-refractivity contribution in [3.8, 4) is 17.2 Å². The first kappa shape index (κ1) is 20.7. The molecule has 0 radical (unpaired) electrons. The average molecular weight is 370 g/mol. The van der Waals surface area contributed by atoms with Gasteiger partial charge in [0.15, 0.2) is 11.5 Å². The van der Waals surface area contributed by atoms with Crippen molar-refractivity contribution in [1.29, 1.82) is 0 Å². The van der Waals surface area contributed by atoms with Crippen molar-refractivity contribution in [2.75, 3.05) is 25.6 Å². The minimum atomic E-state index is 0.631. The summed E-state index contributed by atoms with van der Waals surface area (Å²) in [6.07, 6.45) is 6.90. The van der Waals surface area contributed by atoms with Crippen molar-refractivity contribution in [2.45, 2.75) is 40.0 Å². The molecule has 27 heavy (non-hydrogen) atoms. The van der Waals surface area contributed by atoms with E-state index in [1.54, 1.807) is 0 Å². The molecule has 0 fully saturated rings. The molecule has 0 aromatic heterocycles. The Morgan fingerprint density at radius 2 is 1.19 bits per heavy atom. The van der Waals surface area contributed by atoms with Crippen LogP contribution in [0.3, 0.4) is 0 Å². The van der Waals surface area contributed by atoms with E-state index in [-0.39, 0.29) is 0 Å². The highest BCUT2D eigenvalue weighted by atomic mass is 16.5. The Kier molecular flexibility index (Phi) is 8.56. The van der Waals surface area contributed by atoms with Crippen LogP contribution in [0.1, 0.15) is 51.2 Å². The average Bonchev–Trinajstić information content (AvgIpc) is 2.69. The fraction of sp³-hybridized carbons (Fsp3) is 0.391. The lowest BCUT2D eigenvalue weighted by atomic mass is 10.1. The van der Waals surface area contributed by atoms with Crippen LogP contribution in [0.5, 0.6) is 17.2 Å². The Hall–Kier alpha value is -2.62. The molecule has 0 spiro atoms. The van der Waals surface area contributed by atoms with Crippen molar-refractivity contribution in [3.63, 3.8) is 0 Å². The molecule has 4 heteroatoms. The molecule has 2 aromatic carbocycles. The van der Waals surface area contributed by atoms with Gasteiger partial charge in [0.2, 0.25) is 5.75 Å². The van der Waals surface area contributed by atoms with Gasteiger partial charge in [0.25, 0.3) is 0 Å². The zero-order chi connectivity index (χ0) is 19.5. The second kappa shape index (κ2) is 11.2. The number of hydrogen-bond acceptors (Lipinski definition) is 4. The Bertz CT molecular complexity index is 694. The molecule has 0 atom stereocenters. The normalized spacial score (nSPS) is 10.9. The standard InChI is InChI=1S/C23H31NO3/c1-4-13-25-21-16-19(8-7-18-9-11-20(24)12-10-18)17-22(26-14-5-2)23(21)27-15-6-3/h7-12,16-17H,4-6,13-15,24H2,1-3H3/b8-7+. The van der Waals surface area contributed by atoms with Crippen LogP contribution in [0.15, 0.2) is 36.4 Å². The molecule has 4 nitrogen and oxygen atoms in total. The summed E-state index contributed by atoms with van der Waals surface area (Å²) in [6.45, 7) is 8.17. The Morgan fingerprint density at radius 1 is 0.704 bits per heavy atom. The highest BCUT2D eigenvalue weighted by Crippen LogP contribution is 2.40. The van der Waals surface area contributed by atoms with Crippen molar-refractivity contribution in [3.05, 3.63) is 47.5 Å². The number of hydrogen-bond donors (Lipinski definition) is 1. The maximum atomic E-state index is 5.96. The summed E-state index contributed by atoms with van der Waals surface area (Å²) in [4.78, 5) is 0. The highest BCUT2D eigenvalue weighted by molar-refractivity contribution is 5.73. The van der Waals surface area contributed by atoms with E-state index >= 15 is 0 Å². The van der Waals surface area contributed by atoms with E-state index in [0.29, 0.717) is 25.6 Å².